The Kier molecular flexibility index (Phi) is 10.5. The molecule has 0 radical (unpaired) electrons. The van der Waals surface area contributed by atoms with Gasteiger partial charge in [-0.1, -0.05) is 12.1 Å². The number of guanidine groups is 1. The van der Waals surface area contributed by atoms with Crippen molar-refractivity contribution < 1.29 is 23.1 Å². The number of hydrogen-bond donors (Lipinski definition) is 2. The zero-order valence-electron chi connectivity index (χ0n) is 17.0. The van der Waals surface area contributed by atoms with E-state index in [4.69, 9.17) is 13.9 Å². The Balaban J connectivity index is 0.00000420. The minimum Gasteiger partial charge on any atom is -0.486 e. The van der Waals surface area contributed by atoms with Crippen LogP contribution in [0.15, 0.2) is 39.7 Å². The molecule has 0 spiro atoms. The van der Waals surface area contributed by atoms with Crippen LogP contribution >= 0.6 is 24.0 Å². The molecule has 1 aromatic carbocycles. The molecule has 1 heterocycles. The van der Waals surface area contributed by atoms with Gasteiger partial charge >= 0.3 is 5.97 Å². The molecule has 2 rings (SSSR count). The third-order valence-electron chi connectivity index (χ3n) is 3.83. The number of hydrogen-bond acceptors (Lipinski definition) is 5. The molecule has 1 unspecified atom stereocenters. The van der Waals surface area contributed by atoms with Crippen LogP contribution in [0.1, 0.15) is 35.7 Å². The highest BCUT2D eigenvalue weighted by molar-refractivity contribution is 14.0. The molecule has 0 amide bonds. The molecule has 2 aromatic rings. The van der Waals surface area contributed by atoms with E-state index < -0.39 is 11.8 Å². The number of furan rings is 1. The zero-order chi connectivity index (χ0) is 20.5. The first-order chi connectivity index (χ1) is 13.4. The quantitative estimate of drug-likeness (QED) is 0.240. The third-order valence-corrected chi connectivity index (χ3v) is 3.83. The summed E-state index contributed by atoms with van der Waals surface area (Å²) in [4.78, 5) is 16.1. The van der Waals surface area contributed by atoms with Crippen LogP contribution in [0.5, 0.6) is 5.75 Å². The first-order valence-corrected chi connectivity index (χ1v) is 9.05. The lowest BCUT2D eigenvalue weighted by atomic mass is 10.2. The summed E-state index contributed by atoms with van der Waals surface area (Å²) in [6.07, 6.45) is -0.280. The van der Waals surface area contributed by atoms with Crippen molar-refractivity contribution in [1.82, 2.24) is 10.6 Å². The number of benzene rings is 1. The van der Waals surface area contributed by atoms with Crippen LogP contribution in [-0.2, 0) is 11.3 Å². The zero-order valence-corrected chi connectivity index (χ0v) is 19.3. The largest absolute Gasteiger partial charge is 0.486 e. The Morgan fingerprint density at radius 1 is 1.31 bits per heavy atom. The standard InChI is InChI=1S/C20H26FN3O4.HI/c1-5-22-20(23-11-13(2)27-18-9-7-6-8-17(18)21)24-12-15-10-16(14(3)28-15)19(25)26-4;/h6-10,13H,5,11-12H2,1-4H3,(H2,22,23,24);1H. The minimum absolute atomic E-state index is 0. The summed E-state index contributed by atoms with van der Waals surface area (Å²) in [5.74, 6) is 0.957. The van der Waals surface area contributed by atoms with E-state index in [0.29, 0.717) is 36.1 Å². The highest BCUT2D eigenvalue weighted by atomic mass is 127. The Labute approximate surface area is 187 Å². The van der Waals surface area contributed by atoms with E-state index in [-0.39, 0.29) is 42.4 Å². The van der Waals surface area contributed by atoms with Gasteiger partial charge in [0.2, 0.25) is 0 Å². The Morgan fingerprint density at radius 2 is 2.03 bits per heavy atom. The van der Waals surface area contributed by atoms with E-state index in [1.807, 2.05) is 13.8 Å². The van der Waals surface area contributed by atoms with Gasteiger partial charge in [0, 0.05) is 6.54 Å². The fourth-order valence-corrected chi connectivity index (χ4v) is 2.47. The summed E-state index contributed by atoms with van der Waals surface area (Å²) in [5, 5.41) is 6.26. The smallest absolute Gasteiger partial charge is 0.341 e. The van der Waals surface area contributed by atoms with Gasteiger partial charge in [-0.3, -0.25) is 0 Å². The average molecular weight is 519 g/mol. The summed E-state index contributed by atoms with van der Waals surface area (Å²) in [6, 6.07) is 7.90. The van der Waals surface area contributed by atoms with E-state index in [0.717, 1.165) is 0 Å². The first-order valence-electron chi connectivity index (χ1n) is 9.05. The van der Waals surface area contributed by atoms with Crippen LogP contribution < -0.4 is 15.4 Å². The molecular formula is C20H27FIN3O4. The number of esters is 1. The molecule has 29 heavy (non-hydrogen) atoms. The Bertz CT molecular complexity index is 826. The number of nitrogens with one attached hydrogen (secondary N) is 2. The van der Waals surface area contributed by atoms with Crippen molar-refractivity contribution in [3.63, 3.8) is 0 Å². The normalized spacial score (nSPS) is 12.0. The maximum Gasteiger partial charge on any atom is 0.341 e. The Morgan fingerprint density at radius 3 is 2.69 bits per heavy atom. The SMILES string of the molecule is CCNC(=NCc1cc(C(=O)OC)c(C)o1)NCC(C)Oc1ccccc1F.I. The second-order valence-electron chi connectivity index (χ2n) is 6.11. The van der Waals surface area contributed by atoms with Gasteiger partial charge in [0.05, 0.1) is 13.7 Å². The number of carbonyl (C=O) groups is 1. The number of ether oxygens (including phenoxy) is 2. The van der Waals surface area contributed by atoms with Crippen molar-refractivity contribution in [2.45, 2.75) is 33.4 Å². The van der Waals surface area contributed by atoms with E-state index >= 15 is 0 Å². The van der Waals surface area contributed by atoms with Crippen LogP contribution in [0, 0.1) is 12.7 Å². The van der Waals surface area contributed by atoms with Crippen molar-refractivity contribution in [1.29, 1.82) is 0 Å². The number of methoxy groups -OCH3 is 1. The van der Waals surface area contributed by atoms with Crippen LogP contribution in [0.2, 0.25) is 0 Å². The number of para-hydroxylation sites is 1. The van der Waals surface area contributed by atoms with Crippen LogP contribution in [0.3, 0.4) is 0 Å². The maximum absolute atomic E-state index is 13.7. The number of halogens is 2. The molecule has 0 bridgehead atoms. The van der Waals surface area contributed by atoms with Gasteiger partial charge < -0.3 is 24.5 Å². The van der Waals surface area contributed by atoms with Crippen LogP contribution in [0.25, 0.3) is 0 Å². The van der Waals surface area contributed by atoms with Gasteiger partial charge in [0.1, 0.15) is 29.7 Å². The fourth-order valence-electron chi connectivity index (χ4n) is 2.47. The van der Waals surface area contributed by atoms with E-state index in [1.165, 1.54) is 13.2 Å². The molecule has 0 saturated carbocycles. The lowest BCUT2D eigenvalue weighted by Gasteiger charge is -2.17. The number of nitrogens with zero attached hydrogens (tertiary/aromatic N) is 1. The molecular weight excluding hydrogens is 492 g/mol. The molecule has 9 heteroatoms. The second kappa shape index (κ2) is 12.3. The van der Waals surface area contributed by atoms with Gasteiger partial charge in [0.25, 0.3) is 0 Å². The number of aryl methyl sites for hydroxylation is 1. The molecule has 0 fully saturated rings. The second-order valence-corrected chi connectivity index (χ2v) is 6.11. The maximum atomic E-state index is 13.7. The van der Waals surface area contributed by atoms with Crippen LogP contribution in [0.4, 0.5) is 4.39 Å². The lowest BCUT2D eigenvalue weighted by Crippen LogP contribution is -2.41. The van der Waals surface area contributed by atoms with Crippen molar-refractivity contribution in [2.75, 3.05) is 20.2 Å². The van der Waals surface area contributed by atoms with Crippen molar-refractivity contribution >= 4 is 35.9 Å². The van der Waals surface area contributed by atoms with Crippen LogP contribution in [-0.4, -0.2) is 38.2 Å². The van der Waals surface area contributed by atoms with Gasteiger partial charge in [0.15, 0.2) is 17.5 Å². The summed E-state index contributed by atoms with van der Waals surface area (Å²) >= 11 is 0. The van der Waals surface area contributed by atoms with Gasteiger partial charge in [-0.2, -0.15) is 0 Å². The van der Waals surface area contributed by atoms with E-state index in [1.54, 1.807) is 31.2 Å². The van der Waals surface area contributed by atoms with E-state index in [2.05, 4.69) is 15.6 Å². The molecule has 7 nitrogen and oxygen atoms in total. The van der Waals surface area contributed by atoms with Crippen molar-refractivity contribution in [3.05, 3.63) is 53.2 Å². The number of carbonyl (C=O) groups excluding carboxylic acids is 1. The van der Waals surface area contributed by atoms with Crippen molar-refractivity contribution in [3.8, 4) is 5.75 Å². The number of aliphatic imine (C=N–C) groups is 1. The van der Waals surface area contributed by atoms with Crippen molar-refractivity contribution in [2.24, 2.45) is 4.99 Å². The van der Waals surface area contributed by atoms with Gasteiger partial charge in [-0.05, 0) is 39.0 Å². The molecule has 2 N–H and O–H groups in total. The van der Waals surface area contributed by atoms with Gasteiger partial charge in [-0.25, -0.2) is 14.2 Å². The summed E-state index contributed by atoms with van der Waals surface area (Å²) in [5.41, 5.74) is 0.387. The molecule has 0 aliphatic rings. The topological polar surface area (TPSA) is 85.1 Å². The average Bonchev–Trinajstić information content (AvgIpc) is 3.06. The summed E-state index contributed by atoms with van der Waals surface area (Å²) in [7, 11) is 1.32. The molecule has 160 valence electrons. The first kappa shape index (κ1) is 24.7. The number of rotatable bonds is 8. The molecule has 1 aromatic heterocycles. The third kappa shape index (κ3) is 7.56. The Hall–Kier alpha value is -2.30. The molecule has 0 aliphatic carbocycles. The fraction of sp³-hybridized carbons (Fsp3) is 0.400. The predicted molar refractivity (Wildman–Crippen MR) is 120 cm³/mol. The highest BCUT2D eigenvalue weighted by Gasteiger charge is 2.15. The molecule has 0 saturated heterocycles. The highest BCUT2D eigenvalue weighted by Crippen LogP contribution is 2.17. The minimum atomic E-state index is -0.444. The van der Waals surface area contributed by atoms with E-state index in [9.17, 15) is 9.18 Å². The van der Waals surface area contributed by atoms with Gasteiger partial charge in [-0.15, -0.1) is 24.0 Å². The molecule has 1 atom stereocenters. The molecule has 0 aliphatic heterocycles. The monoisotopic (exact) mass is 519 g/mol. The summed E-state index contributed by atoms with van der Waals surface area (Å²) < 4.78 is 29.5. The summed E-state index contributed by atoms with van der Waals surface area (Å²) in [6.45, 7) is 6.81. The lowest BCUT2D eigenvalue weighted by molar-refractivity contribution is 0.0599. The predicted octanol–water partition coefficient (Wildman–Crippen LogP) is 3.65.